The lowest BCUT2D eigenvalue weighted by molar-refractivity contribution is -0.384. The van der Waals surface area contributed by atoms with E-state index in [1.807, 2.05) is 0 Å². The van der Waals surface area contributed by atoms with Crippen LogP contribution in [0.15, 0.2) is 23.1 Å². The van der Waals surface area contributed by atoms with Crippen molar-refractivity contribution in [1.82, 2.24) is 4.72 Å². The van der Waals surface area contributed by atoms with Gasteiger partial charge in [-0.2, -0.15) is 0 Å². The number of rotatable bonds is 8. The number of benzene rings is 1. The summed E-state index contributed by atoms with van der Waals surface area (Å²) in [4.78, 5) is 9.93. The average molecular weight is 304 g/mol. The highest BCUT2D eigenvalue weighted by atomic mass is 32.2. The number of nitro groups is 1. The van der Waals surface area contributed by atoms with Crippen LogP contribution in [-0.4, -0.2) is 33.6 Å². The van der Waals surface area contributed by atoms with E-state index in [0.29, 0.717) is 13.0 Å². The van der Waals surface area contributed by atoms with Gasteiger partial charge in [0.2, 0.25) is 10.0 Å². The fourth-order valence-corrected chi connectivity index (χ4v) is 2.55. The molecule has 0 heterocycles. The lowest BCUT2D eigenvalue weighted by Gasteiger charge is -2.08. The Morgan fingerprint density at radius 3 is 2.70 bits per heavy atom. The van der Waals surface area contributed by atoms with E-state index in [1.165, 1.54) is 19.2 Å². The van der Waals surface area contributed by atoms with E-state index in [4.69, 9.17) is 10.6 Å². The van der Waals surface area contributed by atoms with E-state index in [-0.39, 0.29) is 17.1 Å². The predicted molar refractivity (Wildman–Crippen MR) is 72.6 cm³/mol. The van der Waals surface area contributed by atoms with E-state index in [1.54, 1.807) is 0 Å². The van der Waals surface area contributed by atoms with E-state index < -0.39 is 20.6 Å². The number of nitrogens with two attached hydrogens (primary N) is 1. The second-order valence-corrected chi connectivity index (χ2v) is 5.59. The van der Waals surface area contributed by atoms with Crippen molar-refractivity contribution >= 4 is 21.4 Å². The van der Waals surface area contributed by atoms with Crippen molar-refractivity contribution in [3.8, 4) is 0 Å². The smallest absolute Gasteiger partial charge is 0.294 e. The normalized spacial score (nSPS) is 11.3. The van der Waals surface area contributed by atoms with Crippen LogP contribution in [0, 0.1) is 10.1 Å². The van der Waals surface area contributed by atoms with Gasteiger partial charge in [0.1, 0.15) is 5.69 Å². The SMILES string of the molecule is COCCCNS(=O)(=O)c1ccc(NN)c([N+](=O)[O-])c1. The average Bonchev–Trinajstić information content (AvgIpc) is 2.42. The van der Waals surface area contributed by atoms with Crippen molar-refractivity contribution in [3.05, 3.63) is 28.3 Å². The van der Waals surface area contributed by atoms with Gasteiger partial charge in [-0.1, -0.05) is 0 Å². The lowest BCUT2D eigenvalue weighted by atomic mass is 10.3. The predicted octanol–water partition coefficient (Wildman–Crippen LogP) is 0.195. The minimum atomic E-state index is -3.80. The molecular weight excluding hydrogens is 288 g/mol. The number of ether oxygens (including phenoxy) is 1. The summed E-state index contributed by atoms with van der Waals surface area (Å²) in [6.45, 7) is 0.597. The molecule has 1 aromatic rings. The van der Waals surface area contributed by atoms with Gasteiger partial charge in [-0.05, 0) is 18.6 Å². The monoisotopic (exact) mass is 304 g/mol. The van der Waals surface area contributed by atoms with Crippen molar-refractivity contribution in [2.45, 2.75) is 11.3 Å². The topological polar surface area (TPSA) is 137 Å². The summed E-state index contributed by atoms with van der Waals surface area (Å²) >= 11 is 0. The Labute approximate surface area is 116 Å². The van der Waals surface area contributed by atoms with Crippen molar-refractivity contribution in [2.75, 3.05) is 25.7 Å². The van der Waals surface area contributed by atoms with Gasteiger partial charge >= 0.3 is 0 Å². The van der Waals surface area contributed by atoms with Crippen LogP contribution in [0.1, 0.15) is 6.42 Å². The number of nitrogens with one attached hydrogen (secondary N) is 2. The summed E-state index contributed by atoms with van der Waals surface area (Å²) < 4.78 is 31.0. The molecular formula is C10H16N4O5S. The van der Waals surface area contributed by atoms with Crippen LogP contribution < -0.4 is 16.0 Å². The van der Waals surface area contributed by atoms with Gasteiger partial charge in [0.25, 0.3) is 5.69 Å². The molecule has 0 aliphatic heterocycles. The summed E-state index contributed by atoms with van der Waals surface area (Å²) in [5.41, 5.74) is 1.77. The molecule has 0 aromatic heterocycles. The van der Waals surface area contributed by atoms with Crippen molar-refractivity contribution < 1.29 is 18.1 Å². The molecule has 0 amide bonds. The van der Waals surface area contributed by atoms with Crippen LogP contribution in [0.5, 0.6) is 0 Å². The van der Waals surface area contributed by atoms with Crippen LogP contribution >= 0.6 is 0 Å². The molecule has 0 fully saturated rings. The molecule has 0 aliphatic rings. The first-order chi connectivity index (χ1) is 9.42. The molecule has 0 saturated carbocycles. The van der Waals surface area contributed by atoms with Gasteiger partial charge in [0.15, 0.2) is 0 Å². The molecule has 1 rings (SSSR count). The van der Waals surface area contributed by atoms with Crippen LogP contribution in [0.25, 0.3) is 0 Å². The number of nitrogens with zero attached hydrogens (tertiary/aromatic N) is 1. The van der Waals surface area contributed by atoms with Gasteiger partial charge < -0.3 is 10.2 Å². The first-order valence-corrected chi connectivity index (χ1v) is 7.14. The molecule has 0 radical (unpaired) electrons. The number of nitrogen functional groups attached to an aromatic ring is 1. The third-order valence-electron chi connectivity index (χ3n) is 2.45. The number of nitro benzene ring substituents is 1. The minimum Gasteiger partial charge on any atom is -0.385 e. The molecule has 10 heteroatoms. The maximum Gasteiger partial charge on any atom is 0.294 e. The molecule has 0 unspecified atom stereocenters. The lowest BCUT2D eigenvalue weighted by Crippen LogP contribution is -2.25. The first kappa shape index (κ1) is 16.3. The molecule has 20 heavy (non-hydrogen) atoms. The number of methoxy groups -OCH3 is 1. The molecule has 112 valence electrons. The third-order valence-corrected chi connectivity index (χ3v) is 3.91. The van der Waals surface area contributed by atoms with Crippen LogP contribution in [-0.2, 0) is 14.8 Å². The standard InChI is InChI=1S/C10H16N4O5S/c1-19-6-2-5-12-20(17,18)8-3-4-9(13-11)10(7-8)14(15)16/h3-4,7,12-13H,2,5-6,11H2,1H3. The van der Waals surface area contributed by atoms with Crippen LogP contribution in [0.3, 0.4) is 0 Å². The summed E-state index contributed by atoms with van der Waals surface area (Å²) in [7, 11) is -2.29. The molecule has 1 aromatic carbocycles. The van der Waals surface area contributed by atoms with Gasteiger partial charge in [-0.15, -0.1) is 0 Å². The summed E-state index contributed by atoms with van der Waals surface area (Å²) in [5.74, 6) is 5.13. The molecule has 4 N–H and O–H groups in total. The summed E-state index contributed by atoms with van der Waals surface area (Å²) in [5, 5.41) is 10.8. The Balaban J connectivity index is 2.95. The zero-order valence-electron chi connectivity index (χ0n) is 10.8. The summed E-state index contributed by atoms with van der Waals surface area (Å²) in [6.07, 6.45) is 0.500. The van der Waals surface area contributed by atoms with Gasteiger partial charge in [-0.25, -0.2) is 13.1 Å². The quantitative estimate of drug-likeness (QED) is 0.270. The molecule has 0 spiro atoms. The number of hydrogen-bond acceptors (Lipinski definition) is 7. The second-order valence-electron chi connectivity index (χ2n) is 3.82. The summed E-state index contributed by atoms with van der Waals surface area (Å²) in [6, 6.07) is 3.43. The Hall–Kier alpha value is -1.75. The van der Waals surface area contributed by atoms with Gasteiger partial charge in [0, 0.05) is 26.3 Å². The number of anilines is 1. The van der Waals surface area contributed by atoms with Gasteiger partial charge in [0.05, 0.1) is 9.82 Å². The Kier molecular flexibility index (Phi) is 5.82. The zero-order chi connectivity index (χ0) is 15.2. The molecule has 9 nitrogen and oxygen atoms in total. The van der Waals surface area contributed by atoms with E-state index >= 15 is 0 Å². The fourth-order valence-electron chi connectivity index (χ4n) is 1.46. The van der Waals surface area contributed by atoms with Crippen molar-refractivity contribution in [1.29, 1.82) is 0 Å². The maximum atomic E-state index is 11.9. The largest absolute Gasteiger partial charge is 0.385 e. The molecule has 0 aliphatic carbocycles. The minimum absolute atomic E-state index is 0.0355. The maximum absolute atomic E-state index is 11.9. The van der Waals surface area contributed by atoms with Crippen LogP contribution in [0.2, 0.25) is 0 Å². The number of hydrogen-bond donors (Lipinski definition) is 3. The highest BCUT2D eigenvalue weighted by molar-refractivity contribution is 7.89. The van der Waals surface area contributed by atoms with Gasteiger partial charge in [-0.3, -0.25) is 16.0 Å². The van der Waals surface area contributed by atoms with E-state index in [9.17, 15) is 18.5 Å². The Bertz CT molecular complexity index is 575. The van der Waals surface area contributed by atoms with Crippen LogP contribution in [0.4, 0.5) is 11.4 Å². The highest BCUT2D eigenvalue weighted by Gasteiger charge is 2.20. The zero-order valence-corrected chi connectivity index (χ0v) is 11.6. The Morgan fingerprint density at radius 1 is 1.45 bits per heavy atom. The molecule has 0 atom stereocenters. The van der Waals surface area contributed by atoms with Crippen molar-refractivity contribution in [3.63, 3.8) is 0 Å². The second kappa shape index (κ2) is 7.14. The number of hydrazine groups is 1. The third kappa shape index (κ3) is 4.13. The highest BCUT2D eigenvalue weighted by Crippen LogP contribution is 2.26. The fraction of sp³-hybridized carbons (Fsp3) is 0.400. The first-order valence-electron chi connectivity index (χ1n) is 5.66. The van der Waals surface area contributed by atoms with Crippen molar-refractivity contribution in [2.24, 2.45) is 5.84 Å². The molecule has 0 saturated heterocycles. The number of sulfonamides is 1. The Morgan fingerprint density at radius 2 is 2.15 bits per heavy atom. The van der Waals surface area contributed by atoms with E-state index in [0.717, 1.165) is 6.07 Å². The molecule has 0 bridgehead atoms. The van der Waals surface area contributed by atoms with E-state index in [2.05, 4.69) is 10.1 Å².